The van der Waals surface area contributed by atoms with Crippen LogP contribution in [0, 0.1) is 5.82 Å². The largest absolute Gasteiger partial charge is 0.480 e. The van der Waals surface area contributed by atoms with Crippen molar-refractivity contribution in [3.05, 3.63) is 59.5 Å². The number of carbonyl (C=O) groups is 2. The second-order valence-electron chi connectivity index (χ2n) is 4.92. The van der Waals surface area contributed by atoms with Gasteiger partial charge in [0.05, 0.1) is 26.7 Å². The Hall–Kier alpha value is -2.96. The molecule has 0 aliphatic rings. The second kappa shape index (κ2) is 8.05. The van der Waals surface area contributed by atoms with E-state index in [1.807, 2.05) is 0 Å². The number of pyridine rings is 1. The first-order chi connectivity index (χ1) is 11.5. The molecular weight excluding hydrogens is 315 g/mol. The highest BCUT2D eigenvalue weighted by Gasteiger charge is 2.22. The molecule has 1 heterocycles. The summed E-state index contributed by atoms with van der Waals surface area (Å²) in [6.07, 6.45) is 1.41. The van der Waals surface area contributed by atoms with E-state index < -0.39 is 23.7 Å². The molecule has 7 heteroatoms. The maximum atomic E-state index is 13.1. The predicted octanol–water partition coefficient (Wildman–Crippen LogP) is 2.26. The van der Waals surface area contributed by atoms with Crippen molar-refractivity contribution in [2.24, 2.45) is 0 Å². The molecule has 0 fully saturated rings. The van der Waals surface area contributed by atoms with Gasteiger partial charge in [-0.15, -0.1) is 0 Å². The zero-order valence-corrected chi connectivity index (χ0v) is 13.3. The van der Waals surface area contributed by atoms with Gasteiger partial charge in [0, 0.05) is 6.20 Å². The molecule has 0 saturated carbocycles. The second-order valence-corrected chi connectivity index (χ2v) is 4.92. The van der Waals surface area contributed by atoms with Gasteiger partial charge in [-0.25, -0.2) is 9.37 Å². The van der Waals surface area contributed by atoms with Crippen molar-refractivity contribution in [2.75, 3.05) is 14.2 Å². The average molecular weight is 332 g/mol. The molecule has 1 aromatic heterocycles. The summed E-state index contributed by atoms with van der Waals surface area (Å²) in [4.78, 5) is 28.1. The van der Waals surface area contributed by atoms with E-state index in [4.69, 9.17) is 4.74 Å². The molecule has 126 valence electrons. The van der Waals surface area contributed by atoms with Crippen LogP contribution in [0.2, 0.25) is 0 Å². The fourth-order valence-electron chi connectivity index (χ4n) is 2.16. The lowest BCUT2D eigenvalue weighted by molar-refractivity contribution is -0.141. The first kappa shape index (κ1) is 17.4. The first-order valence-corrected chi connectivity index (χ1v) is 7.17. The third kappa shape index (κ3) is 4.28. The molecule has 1 amide bonds. The number of carbonyl (C=O) groups excluding carboxylic acids is 2. The van der Waals surface area contributed by atoms with E-state index >= 15 is 0 Å². The van der Waals surface area contributed by atoms with Crippen molar-refractivity contribution < 1.29 is 23.5 Å². The molecule has 0 aliphatic carbocycles. The average Bonchev–Trinajstić information content (AvgIpc) is 2.61. The first-order valence-electron chi connectivity index (χ1n) is 7.17. The number of amides is 1. The number of rotatable bonds is 6. The highest BCUT2D eigenvalue weighted by atomic mass is 19.1. The Bertz CT molecular complexity index is 719. The van der Waals surface area contributed by atoms with Crippen LogP contribution < -0.4 is 10.1 Å². The maximum Gasteiger partial charge on any atom is 0.307 e. The molecule has 0 radical (unpaired) electrons. The number of benzene rings is 1. The summed E-state index contributed by atoms with van der Waals surface area (Å²) in [7, 11) is 2.67. The lowest BCUT2D eigenvalue weighted by Gasteiger charge is -2.19. The SMILES string of the molecule is COC(=O)CC(NC(=O)c1cccnc1OC)c1ccc(F)cc1. The Morgan fingerprint density at radius 2 is 1.92 bits per heavy atom. The van der Waals surface area contributed by atoms with E-state index in [2.05, 4.69) is 15.0 Å². The minimum Gasteiger partial charge on any atom is -0.480 e. The molecule has 2 aromatic rings. The zero-order chi connectivity index (χ0) is 17.5. The standard InChI is InChI=1S/C17H17FN2O4/c1-23-15(21)10-14(11-5-7-12(18)8-6-11)20-16(22)13-4-3-9-19-17(13)24-2/h3-9,14H,10H2,1-2H3,(H,20,22). The fourth-order valence-corrected chi connectivity index (χ4v) is 2.16. The smallest absolute Gasteiger partial charge is 0.307 e. The van der Waals surface area contributed by atoms with Gasteiger partial charge in [0.1, 0.15) is 11.4 Å². The number of hydrogen-bond donors (Lipinski definition) is 1. The van der Waals surface area contributed by atoms with Crippen molar-refractivity contribution in [1.29, 1.82) is 0 Å². The highest BCUT2D eigenvalue weighted by molar-refractivity contribution is 5.96. The van der Waals surface area contributed by atoms with Crippen molar-refractivity contribution >= 4 is 11.9 Å². The van der Waals surface area contributed by atoms with Crippen LogP contribution in [-0.2, 0) is 9.53 Å². The topological polar surface area (TPSA) is 77.5 Å². The molecule has 24 heavy (non-hydrogen) atoms. The van der Waals surface area contributed by atoms with Crippen molar-refractivity contribution in [3.8, 4) is 5.88 Å². The minimum atomic E-state index is -0.671. The van der Waals surface area contributed by atoms with Gasteiger partial charge in [0.25, 0.3) is 5.91 Å². The Morgan fingerprint density at radius 3 is 2.54 bits per heavy atom. The summed E-state index contributed by atoms with van der Waals surface area (Å²) in [6, 6.07) is 8.02. The molecular formula is C17H17FN2O4. The Balaban J connectivity index is 2.25. The molecule has 2 rings (SSSR count). The maximum absolute atomic E-state index is 13.1. The molecule has 1 atom stereocenters. The van der Waals surface area contributed by atoms with Gasteiger partial charge in [-0.3, -0.25) is 9.59 Å². The third-order valence-corrected chi connectivity index (χ3v) is 3.39. The van der Waals surface area contributed by atoms with Gasteiger partial charge in [-0.05, 0) is 29.8 Å². The molecule has 0 saturated heterocycles. The molecule has 1 aromatic carbocycles. The van der Waals surface area contributed by atoms with Crippen LogP contribution in [0.15, 0.2) is 42.6 Å². The van der Waals surface area contributed by atoms with Gasteiger partial charge in [0.15, 0.2) is 0 Å². The van der Waals surface area contributed by atoms with Crippen LogP contribution in [0.25, 0.3) is 0 Å². The third-order valence-electron chi connectivity index (χ3n) is 3.39. The molecule has 0 bridgehead atoms. The highest BCUT2D eigenvalue weighted by Crippen LogP contribution is 2.20. The van der Waals surface area contributed by atoms with Gasteiger partial charge >= 0.3 is 5.97 Å². The summed E-state index contributed by atoms with van der Waals surface area (Å²) in [5.41, 5.74) is 0.815. The van der Waals surface area contributed by atoms with Crippen LogP contribution in [0.3, 0.4) is 0 Å². The van der Waals surface area contributed by atoms with E-state index in [9.17, 15) is 14.0 Å². The van der Waals surface area contributed by atoms with E-state index in [1.54, 1.807) is 12.1 Å². The molecule has 1 N–H and O–H groups in total. The number of nitrogens with zero attached hydrogens (tertiary/aromatic N) is 1. The summed E-state index contributed by atoms with van der Waals surface area (Å²) in [5.74, 6) is -1.19. The molecule has 6 nitrogen and oxygen atoms in total. The number of ether oxygens (including phenoxy) is 2. The lowest BCUT2D eigenvalue weighted by Crippen LogP contribution is -2.31. The van der Waals surface area contributed by atoms with E-state index in [0.29, 0.717) is 5.56 Å². The van der Waals surface area contributed by atoms with Crippen molar-refractivity contribution in [3.63, 3.8) is 0 Å². The monoisotopic (exact) mass is 332 g/mol. The van der Waals surface area contributed by atoms with Crippen LogP contribution in [0.1, 0.15) is 28.4 Å². The number of nitrogens with one attached hydrogen (secondary N) is 1. The van der Waals surface area contributed by atoms with E-state index in [0.717, 1.165) is 0 Å². The fraction of sp³-hybridized carbons (Fsp3) is 0.235. The summed E-state index contributed by atoms with van der Waals surface area (Å²) in [5, 5.41) is 2.73. The number of aromatic nitrogens is 1. The predicted molar refractivity (Wildman–Crippen MR) is 84.0 cm³/mol. The van der Waals surface area contributed by atoms with Crippen LogP contribution in [-0.4, -0.2) is 31.1 Å². The van der Waals surface area contributed by atoms with E-state index in [1.165, 1.54) is 44.7 Å². The van der Waals surface area contributed by atoms with Crippen molar-refractivity contribution in [1.82, 2.24) is 10.3 Å². The molecule has 1 unspecified atom stereocenters. The normalized spacial score (nSPS) is 11.5. The minimum absolute atomic E-state index is 0.0869. The Kier molecular flexibility index (Phi) is 5.83. The summed E-state index contributed by atoms with van der Waals surface area (Å²) < 4.78 is 22.8. The number of hydrogen-bond acceptors (Lipinski definition) is 5. The Morgan fingerprint density at radius 1 is 1.21 bits per heavy atom. The van der Waals surface area contributed by atoms with Crippen molar-refractivity contribution in [2.45, 2.75) is 12.5 Å². The lowest BCUT2D eigenvalue weighted by atomic mass is 10.0. The van der Waals surface area contributed by atoms with Crippen LogP contribution in [0.5, 0.6) is 5.88 Å². The Labute approximate surface area is 138 Å². The summed E-state index contributed by atoms with van der Waals surface area (Å²) >= 11 is 0. The van der Waals surface area contributed by atoms with Gasteiger partial charge in [-0.2, -0.15) is 0 Å². The van der Waals surface area contributed by atoms with Crippen LogP contribution in [0.4, 0.5) is 4.39 Å². The quantitative estimate of drug-likeness (QED) is 0.821. The number of esters is 1. The molecule has 0 aliphatic heterocycles. The summed E-state index contributed by atoms with van der Waals surface area (Å²) in [6.45, 7) is 0. The van der Waals surface area contributed by atoms with Crippen LogP contribution >= 0.6 is 0 Å². The number of halogens is 1. The zero-order valence-electron chi connectivity index (χ0n) is 13.3. The molecule has 0 spiro atoms. The van der Waals surface area contributed by atoms with E-state index in [-0.39, 0.29) is 17.9 Å². The van der Waals surface area contributed by atoms with Gasteiger partial charge in [0.2, 0.25) is 5.88 Å². The van der Waals surface area contributed by atoms with Gasteiger partial charge < -0.3 is 14.8 Å². The number of methoxy groups -OCH3 is 2. The van der Waals surface area contributed by atoms with Gasteiger partial charge in [-0.1, -0.05) is 12.1 Å².